The highest BCUT2D eigenvalue weighted by atomic mass is 16.5. The molecule has 0 saturated carbocycles. The first-order valence-electron chi connectivity index (χ1n) is 7.91. The van der Waals surface area contributed by atoms with Crippen molar-refractivity contribution in [1.29, 1.82) is 0 Å². The van der Waals surface area contributed by atoms with Crippen molar-refractivity contribution in [2.75, 3.05) is 26.3 Å². The fraction of sp³-hybridized carbons (Fsp3) is 0.625. The van der Waals surface area contributed by atoms with E-state index in [1.165, 1.54) is 0 Å². The molecule has 2 aliphatic heterocycles. The number of ether oxygens (including phenoxy) is 2. The minimum absolute atomic E-state index is 0.0621. The van der Waals surface area contributed by atoms with Gasteiger partial charge in [0.1, 0.15) is 6.10 Å². The van der Waals surface area contributed by atoms with Crippen molar-refractivity contribution in [3.05, 3.63) is 24.4 Å². The van der Waals surface area contributed by atoms with Crippen molar-refractivity contribution in [3.8, 4) is 5.88 Å². The fourth-order valence-corrected chi connectivity index (χ4v) is 3.03. The Bertz CT molecular complexity index is 495. The lowest BCUT2D eigenvalue weighted by atomic mass is 9.89. The van der Waals surface area contributed by atoms with E-state index < -0.39 is 5.54 Å². The zero-order valence-corrected chi connectivity index (χ0v) is 12.7. The Morgan fingerprint density at radius 1 is 1.32 bits per heavy atom. The Balaban J connectivity index is 1.52. The maximum atomic E-state index is 12.6. The van der Waals surface area contributed by atoms with Gasteiger partial charge in [0.25, 0.3) is 0 Å². The van der Waals surface area contributed by atoms with Crippen molar-refractivity contribution in [1.82, 2.24) is 9.88 Å². The smallest absolute Gasteiger partial charge is 0.242 e. The van der Waals surface area contributed by atoms with Gasteiger partial charge in [-0.1, -0.05) is 6.07 Å². The monoisotopic (exact) mass is 305 g/mol. The highest BCUT2D eigenvalue weighted by molar-refractivity contribution is 5.86. The topological polar surface area (TPSA) is 77.7 Å². The van der Waals surface area contributed by atoms with E-state index in [0.29, 0.717) is 45.0 Å². The average Bonchev–Trinajstić information content (AvgIpc) is 2.56. The summed E-state index contributed by atoms with van der Waals surface area (Å²) in [7, 11) is 0. The third kappa shape index (κ3) is 3.39. The van der Waals surface area contributed by atoms with Crippen LogP contribution in [-0.4, -0.2) is 53.7 Å². The summed E-state index contributed by atoms with van der Waals surface area (Å²) in [5, 5.41) is 0. The molecule has 1 aromatic rings. The summed E-state index contributed by atoms with van der Waals surface area (Å²) in [6.07, 6.45) is 4.68. The van der Waals surface area contributed by atoms with Crippen molar-refractivity contribution < 1.29 is 14.3 Å². The summed E-state index contributed by atoms with van der Waals surface area (Å²) < 4.78 is 11.2. The summed E-state index contributed by atoms with van der Waals surface area (Å²) in [6.45, 7) is 2.52. The lowest BCUT2D eigenvalue weighted by Crippen LogP contribution is -2.59. The van der Waals surface area contributed by atoms with Crippen LogP contribution in [0.4, 0.5) is 0 Å². The number of nitrogens with zero attached hydrogens (tertiary/aromatic N) is 2. The van der Waals surface area contributed by atoms with Crippen LogP contribution in [0.25, 0.3) is 0 Å². The van der Waals surface area contributed by atoms with Crippen LogP contribution >= 0.6 is 0 Å². The van der Waals surface area contributed by atoms with Gasteiger partial charge in [-0.2, -0.15) is 0 Å². The van der Waals surface area contributed by atoms with E-state index >= 15 is 0 Å². The number of pyridine rings is 1. The van der Waals surface area contributed by atoms with Crippen molar-refractivity contribution in [2.45, 2.75) is 37.3 Å². The van der Waals surface area contributed by atoms with E-state index in [0.717, 1.165) is 12.8 Å². The number of amides is 1. The third-order valence-corrected chi connectivity index (χ3v) is 4.47. The number of hydrogen-bond acceptors (Lipinski definition) is 5. The summed E-state index contributed by atoms with van der Waals surface area (Å²) in [5.74, 6) is 0.707. The Labute approximate surface area is 130 Å². The van der Waals surface area contributed by atoms with Crippen LogP contribution in [0, 0.1) is 0 Å². The lowest BCUT2D eigenvalue weighted by Gasteiger charge is -2.39. The molecule has 6 nitrogen and oxygen atoms in total. The Kier molecular flexibility index (Phi) is 4.59. The quantitative estimate of drug-likeness (QED) is 0.900. The number of likely N-dealkylation sites (tertiary alicyclic amines) is 1. The highest BCUT2D eigenvalue weighted by Crippen LogP contribution is 2.24. The van der Waals surface area contributed by atoms with E-state index in [1.807, 2.05) is 23.1 Å². The molecule has 0 unspecified atom stereocenters. The highest BCUT2D eigenvalue weighted by Gasteiger charge is 2.40. The normalized spacial score (nSPS) is 22.3. The van der Waals surface area contributed by atoms with Crippen LogP contribution in [0.3, 0.4) is 0 Å². The van der Waals surface area contributed by atoms with E-state index in [2.05, 4.69) is 4.98 Å². The molecular weight excluding hydrogens is 282 g/mol. The second-order valence-electron chi connectivity index (χ2n) is 6.05. The van der Waals surface area contributed by atoms with Gasteiger partial charge in [0.15, 0.2) is 0 Å². The molecule has 120 valence electrons. The van der Waals surface area contributed by atoms with E-state index in [4.69, 9.17) is 15.2 Å². The van der Waals surface area contributed by atoms with Gasteiger partial charge in [-0.15, -0.1) is 0 Å². The number of carbonyl (C=O) groups is 1. The second-order valence-corrected chi connectivity index (χ2v) is 6.05. The zero-order chi connectivity index (χ0) is 15.4. The molecule has 0 aliphatic carbocycles. The molecule has 2 aliphatic rings. The SMILES string of the molecule is NC1(C(=O)N2CCC(Oc3ccccn3)CC2)CCOCC1. The van der Waals surface area contributed by atoms with Crippen LogP contribution < -0.4 is 10.5 Å². The van der Waals surface area contributed by atoms with Gasteiger partial charge in [-0.25, -0.2) is 4.98 Å². The number of carbonyl (C=O) groups excluding carboxylic acids is 1. The minimum Gasteiger partial charge on any atom is -0.474 e. The second kappa shape index (κ2) is 6.62. The molecule has 2 fully saturated rings. The molecule has 3 heterocycles. The molecule has 22 heavy (non-hydrogen) atoms. The van der Waals surface area contributed by atoms with Gasteiger partial charge in [-0.05, 0) is 18.9 Å². The number of rotatable bonds is 3. The van der Waals surface area contributed by atoms with E-state index in [1.54, 1.807) is 6.20 Å². The molecule has 2 N–H and O–H groups in total. The summed E-state index contributed by atoms with van der Waals surface area (Å²) >= 11 is 0. The number of nitrogens with two attached hydrogens (primary N) is 1. The van der Waals surface area contributed by atoms with Gasteiger partial charge < -0.3 is 20.1 Å². The zero-order valence-electron chi connectivity index (χ0n) is 12.7. The molecule has 6 heteroatoms. The molecule has 3 rings (SSSR count). The van der Waals surface area contributed by atoms with Crippen LogP contribution in [0.2, 0.25) is 0 Å². The first kappa shape index (κ1) is 15.2. The molecule has 2 saturated heterocycles. The van der Waals surface area contributed by atoms with Gasteiger partial charge in [0, 0.05) is 51.4 Å². The summed E-state index contributed by atoms with van der Waals surface area (Å²) in [5.41, 5.74) is 5.54. The largest absolute Gasteiger partial charge is 0.474 e. The van der Waals surface area contributed by atoms with Crippen LogP contribution in [0.5, 0.6) is 5.88 Å². The Hall–Kier alpha value is -1.66. The van der Waals surface area contributed by atoms with Crippen molar-refractivity contribution in [3.63, 3.8) is 0 Å². The molecule has 0 atom stereocenters. The third-order valence-electron chi connectivity index (χ3n) is 4.47. The van der Waals surface area contributed by atoms with Crippen LogP contribution in [0.1, 0.15) is 25.7 Å². The van der Waals surface area contributed by atoms with E-state index in [-0.39, 0.29) is 12.0 Å². The van der Waals surface area contributed by atoms with Crippen molar-refractivity contribution >= 4 is 5.91 Å². The van der Waals surface area contributed by atoms with Gasteiger partial charge in [0.05, 0.1) is 5.54 Å². The molecule has 1 amide bonds. The first-order chi connectivity index (χ1) is 10.7. The Morgan fingerprint density at radius 2 is 2.05 bits per heavy atom. The predicted molar refractivity (Wildman–Crippen MR) is 81.4 cm³/mol. The number of piperidine rings is 1. The summed E-state index contributed by atoms with van der Waals surface area (Å²) in [6, 6.07) is 5.63. The molecule has 0 aromatic carbocycles. The molecular formula is C16H23N3O3. The summed E-state index contributed by atoms with van der Waals surface area (Å²) in [4.78, 5) is 18.7. The van der Waals surface area contributed by atoms with Gasteiger partial charge in [-0.3, -0.25) is 4.79 Å². The average molecular weight is 305 g/mol. The lowest BCUT2D eigenvalue weighted by molar-refractivity contribution is -0.142. The molecule has 1 aromatic heterocycles. The molecule has 0 spiro atoms. The predicted octanol–water partition coefficient (Wildman–Crippen LogP) is 0.959. The number of hydrogen-bond donors (Lipinski definition) is 1. The minimum atomic E-state index is -0.743. The van der Waals surface area contributed by atoms with Crippen LogP contribution in [-0.2, 0) is 9.53 Å². The van der Waals surface area contributed by atoms with E-state index in [9.17, 15) is 4.79 Å². The molecule has 0 radical (unpaired) electrons. The maximum absolute atomic E-state index is 12.6. The van der Waals surface area contributed by atoms with Gasteiger partial charge in [0.2, 0.25) is 11.8 Å². The number of aromatic nitrogens is 1. The maximum Gasteiger partial charge on any atom is 0.242 e. The van der Waals surface area contributed by atoms with Crippen LogP contribution in [0.15, 0.2) is 24.4 Å². The Morgan fingerprint density at radius 3 is 2.68 bits per heavy atom. The standard InChI is InChI=1S/C16H23N3O3/c17-16(6-11-21-12-7-16)15(20)19-9-4-13(5-10-19)22-14-3-1-2-8-18-14/h1-3,8,13H,4-7,9-12,17H2. The fourth-order valence-electron chi connectivity index (χ4n) is 3.03. The van der Waals surface area contributed by atoms with Crippen molar-refractivity contribution in [2.24, 2.45) is 5.73 Å². The first-order valence-corrected chi connectivity index (χ1v) is 7.91. The molecule has 0 bridgehead atoms. The van der Waals surface area contributed by atoms with Gasteiger partial charge >= 0.3 is 0 Å².